The van der Waals surface area contributed by atoms with E-state index in [-0.39, 0.29) is 0 Å². The summed E-state index contributed by atoms with van der Waals surface area (Å²) in [5, 5.41) is 6.73. The summed E-state index contributed by atoms with van der Waals surface area (Å²) >= 11 is 3.07. The van der Waals surface area contributed by atoms with Gasteiger partial charge in [-0.15, -0.1) is 16.4 Å². The second-order valence-electron chi connectivity index (χ2n) is 7.97. The molecule has 0 N–H and O–H groups in total. The van der Waals surface area contributed by atoms with Crippen LogP contribution in [0.5, 0.6) is 16.7 Å². The molecule has 0 aliphatic rings. The maximum atomic E-state index is 6.31. The molecule has 0 saturated carbocycles. The van der Waals surface area contributed by atoms with Gasteiger partial charge in [0.25, 0.3) is 5.19 Å². The van der Waals surface area contributed by atoms with Crippen molar-refractivity contribution in [2.24, 2.45) is 0 Å². The molecule has 0 aliphatic heterocycles. The van der Waals surface area contributed by atoms with Crippen molar-refractivity contribution in [3.63, 3.8) is 0 Å². The summed E-state index contributed by atoms with van der Waals surface area (Å²) in [6, 6.07) is 15.9. The largest absolute Gasteiger partial charge is 0.496 e. The van der Waals surface area contributed by atoms with Crippen molar-refractivity contribution in [2.45, 2.75) is 20.0 Å². The second kappa shape index (κ2) is 9.29. The lowest BCUT2D eigenvalue weighted by atomic mass is 10.2. The third-order valence-electron chi connectivity index (χ3n) is 5.74. The highest BCUT2D eigenvalue weighted by molar-refractivity contribution is 7.18. The van der Waals surface area contributed by atoms with Crippen LogP contribution >= 0.6 is 22.7 Å². The number of hydrogen-bond donors (Lipinski definition) is 0. The predicted octanol–water partition coefficient (Wildman–Crippen LogP) is 6.49. The number of nitrogens with zero attached hydrogens (tertiary/aromatic N) is 4. The van der Waals surface area contributed by atoms with Gasteiger partial charge in [-0.1, -0.05) is 37.3 Å². The molecule has 2 aromatic carbocycles. The van der Waals surface area contributed by atoms with Gasteiger partial charge in [0.05, 0.1) is 31.5 Å². The third kappa shape index (κ3) is 4.08. The highest BCUT2D eigenvalue weighted by atomic mass is 32.1. The van der Waals surface area contributed by atoms with Crippen LogP contribution in [0.3, 0.4) is 0 Å². The van der Waals surface area contributed by atoms with Gasteiger partial charge in [-0.2, -0.15) is 0 Å². The predicted molar refractivity (Wildman–Crippen MR) is 140 cm³/mol. The fraction of sp³-hybridized carbons (Fsp3) is 0.192. The molecule has 0 amide bonds. The number of aryl methyl sites for hydroxylation is 1. The Morgan fingerprint density at radius 2 is 1.86 bits per heavy atom. The Kier molecular flexibility index (Phi) is 5.82. The SMILES string of the molecule is CCc1sc(-c2ccccc2)nc1COc1cc(OC)cc2oc(-c3cn4nc(OC)sc4n3)cc12. The maximum absolute atomic E-state index is 6.31. The summed E-state index contributed by atoms with van der Waals surface area (Å²) in [6.07, 6.45) is 2.71. The average Bonchev–Trinajstić information content (AvgIpc) is 3.68. The standard InChI is InChI=1S/C26H22N4O4S2/c1-4-23-19(27-24(35-23)15-8-6-5-7-9-15)14-33-20-10-16(31-2)11-21-17(20)12-22(34-21)18-13-30-25(28-18)36-26(29-30)32-3/h5-13H,4,14H2,1-3H3. The molecule has 0 radical (unpaired) electrons. The number of aromatic nitrogens is 4. The van der Waals surface area contributed by atoms with Crippen LogP contribution in [0, 0.1) is 0 Å². The monoisotopic (exact) mass is 518 g/mol. The molecule has 6 aromatic rings. The molecule has 36 heavy (non-hydrogen) atoms. The van der Waals surface area contributed by atoms with E-state index in [9.17, 15) is 0 Å². The molecule has 0 atom stereocenters. The molecule has 0 unspecified atom stereocenters. The number of ether oxygens (including phenoxy) is 3. The van der Waals surface area contributed by atoms with Crippen molar-refractivity contribution in [1.82, 2.24) is 19.6 Å². The van der Waals surface area contributed by atoms with Crippen LogP contribution in [0.2, 0.25) is 0 Å². The quantitative estimate of drug-likeness (QED) is 0.228. The number of rotatable bonds is 8. The Morgan fingerprint density at radius 3 is 2.61 bits per heavy atom. The molecular formula is C26H22N4O4S2. The number of fused-ring (bicyclic) bond motifs is 2. The first-order valence-electron chi connectivity index (χ1n) is 11.3. The molecule has 0 bridgehead atoms. The average molecular weight is 519 g/mol. The first kappa shape index (κ1) is 22.6. The summed E-state index contributed by atoms with van der Waals surface area (Å²) in [6.45, 7) is 2.48. The van der Waals surface area contributed by atoms with Crippen LogP contribution in [-0.2, 0) is 13.0 Å². The molecule has 10 heteroatoms. The Morgan fingerprint density at radius 1 is 1.00 bits per heavy atom. The number of methoxy groups -OCH3 is 2. The van der Waals surface area contributed by atoms with Crippen molar-refractivity contribution in [3.05, 3.63) is 65.3 Å². The molecule has 182 valence electrons. The Balaban J connectivity index is 1.33. The minimum atomic E-state index is 0.346. The summed E-state index contributed by atoms with van der Waals surface area (Å²) in [4.78, 5) is 11.4. The van der Waals surface area contributed by atoms with E-state index in [1.165, 1.54) is 16.2 Å². The minimum absolute atomic E-state index is 0.346. The van der Waals surface area contributed by atoms with Crippen molar-refractivity contribution in [2.75, 3.05) is 14.2 Å². The molecule has 0 aliphatic carbocycles. The van der Waals surface area contributed by atoms with Crippen molar-refractivity contribution in [1.29, 1.82) is 0 Å². The van der Waals surface area contributed by atoms with Gasteiger partial charge in [-0.05, 0) is 23.8 Å². The van der Waals surface area contributed by atoms with Crippen molar-refractivity contribution in [3.8, 4) is 38.7 Å². The topological polar surface area (TPSA) is 83.9 Å². The fourth-order valence-electron chi connectivity index (χ4n) is 3.95. The molecule has 0 saturated heterocycles. The van der Waals surface area contributed by atoms with Gasteiger partial charge in [0.2, 0.25) is 4.96 Å². The molecular weight excluding hydrogens is 496 g/mol. The summed E-state index contributed by atoms with van der Waals surface area (Å²) in [7, 11) is 3.21. The normalized spacial score (nSPS) is 11.4. The molecule has 0 spiro atoms. The van der Waals surface area contributed by atoms with Gasteiger partial charge in [0.1, 0.15) is 34.4 Å². The number of furan rings is 1. The zero-order valence-corrected chi connectivity index (χ0v) is 21.5. The minimum Gasteiger partial charge on any atom is -0.496 e. The Labute approximate surface area is 214 Å². The van der Waals surface area contributed by atoms with Crippen LogP contribution in [0.25, 0.3) is 38.0 Å². The van der Waals surface area contributed by atoms with Crippen molar-refractivity contribution < 1.29 is 18.6 Å². The number of imidazole rings is 1. The highest BCUT2D eigenvalue weighted by Gasteiger charge is 2.18. The van der Waals surface area contributed by atoms with Gasteiger partial charge < -0.3 is 18.6 Å². The van der Waals surface area contributed by atoms with Gasteiger partial charge in [0.15, 0.2) is 5.76 Å². The van der Waals surface area contributed by atoms with E-state index < -0.39 is 0 Å². The van der Waals surface area contributed by atoms with Gasteiger partial charge in [0, 0.05) is 22.6 Å². The van der Waals surface area contributed by atoms with E-state index in [0.717, 1.165) is 33.0 Å². The maximum Gasteiger partial charge on any atom is 0.294 e. The lowest BCUT2D eigenvalue weighted by molar-refractivity contribution is 0.302. The summed E-state index contributed by atoms with van der Waals surface area (Å²) in [5.74, 6) is 1.93. The lowest BCUT2D eigenvalue weighted by Crippen LogP contribution is -1.99. The third-order valence-corrected chi connectivity index (χ3v) is 7.92. The van der Waals surface area contributed by atoms with Gasteiger partial charge in [-0.25, -0.2) is 14.5 Å². The van der Waals surface area contributed by atoms with Crippen LogP contribution < -0.4 is 14.2 Å². The van der Waals surface area contributed by atoms with E-state index in [0.29, 0.717) is 40.3 Å². The molecule has 4 heterocycles. The van der Waals surface area contributed by atoms with Crippen LogP contribution in [-0.4, -0.2) is 33.8 Å². The summed E-state index contributed by atoms with van der Waals surface area (Å²) in [5.41, 5.74) is 3.38. The molecule has 0 fully saturated rings. The molecule has 6 rings (SSSR count). The smallest absolute Gasteiger partial charge is 0.294 e. The molecule has 8 nitrogen and oxygen atoms in total. The van der Waals surface area contributed by atoms with Crippen LogP contribution in [0.4, 0.5) is 0 Å². The zero-order chi connectivity index (χ0) is 24.6. The lowest BCUT2D eigenvalue weighted by Gasteiger charge is -2.08. The van der Waals surface area contributed by atoms with E-state index >= 15 is 0 Å². The Hall–Kier alpha value is -3.89. The van der Waals surface area contributed by atoms with Gasteiger partial charge >= 0.3 is 0 Å². The van der Waals surface area contributed by atoms with Crippen LogP contribution in [0.15, 0.2) is 59.1 Å². The zero-order valence-electron chi connectivity index (χ0n) is 19.8. The van der Waals surface area contributed by atoms with Gasteiger partial charge in [-0.3, -0.25) is 0 Å². The first-order valence-corrected chi connectivity index (χ1v) is 13.0. The highest BCUT2D eigenvalue weighted by Crippen LogP contribution is 2.38. The number of hydrogen-bond acceptors (Lipinski definition) is 9. The number of thiazole rings is 1. The summed E-state index contributed by atoms with van der Waals surface area (Å²) < 4.78 is 24.8. The first-order chi connectivity index (χ1) is 17.6. The van der Waals surface area contributed by atoms with E-state index in [1.807, 2.05) is 42.6 Å². The fourth-order valence-corrected chi connectivity index (χ4v) is 5.66. The Bertz CT molecular complexity index is 1630. The number of benzene rings is 2. The van der Waals surface area contributed by atoms with E-state index in [4.69, 9.17) is 23.6 Å². The van der Waals surface area contributed by atoms with E-state index in [2.05, 4.69) is 29.1 Å². The van der Waals surface area contributed by atoms with E-state index in [1.54, 1.807) is 30.1 Å². The van der Waals surface area contributed by atoms with Crippen molar-refractivity contribution >= 4 is 38.6 Å². The second-order valence-corrected chi connectivity index (χ2v) is 9.97. The molecule has 4 aromatic heterocycles. The van der Waals surface area contributed by atoms with Crippen LogP contribution in [0.1, 0.15) is 17.5 Å².